The van der Waals surface area contributed by atoms with E-state index in [1.165, 1.54) is 6.42 Å². The van der Waals surface area contributed by atoms with Crippen molar-refractivity contribution in [2.75, 3.05) is 12.9 Å². The van der Waals surface area contributed by atoms with Gasteiger partial charge in [-0.25, -0.2) is 0 Å². The lowest BCUT2D eigenvalue weighted by molar-refractivity contribution is 0.847. The lowest BCUT2D eigenvalue weighted by atomic mass is 10.3. The zero-order valence-electron chi connectivity index (χ0n) is 5.23. The van der Waals surface area contributed by atoms with Gasteiger partial charge in [-0.05, 0) is 25.5 Å². The highest BCUT2D eigenvalue weighted by molar-refractivity contribution is 6.17. The van der Waals surface area contributed by atoms with Gasteiger partial charge in [-0.3, -0.25) is 0 Å². The molecule has 0 saturated heterocycles. The number of aliphatic imine (C=N–C) groups is 1. The Morgan fingerprint density at radius 2 is 2.25 bits per heavy atom. The van der Waals surface area contributed by atoms with Crippen molar-refractivity contribution in [2.24, 2.45) is 4.99 Å². The molecule has 1 nitrogen and oxygen atoms in total. The van der Waals surface area contributed by atoms with Gasteiger partial charge in [0.25, 0.3) is 0 Å². The summed E-state index contributed by atoms with van der Waals surface area (Å²) in [5.74, 6) is 0.775. The number of alkyl halides is 1. The largest absolute Gasteiger partial charge is 0.301 e. The van der Waals surface area contributed by atoms with Gasteiger partial charge in [0.2, 0.25) is 0 Å². The van der Waals surface area contributed by atoms with Gasteiger partial charge >= 0.3 is 0 Å². The molecule has 0 aliphatic rings. The van der Waals surface area contributed by atoms with Crippen LogP contribution in [0.3, 0.4) is 0 Å². The topological polar surface area (TPSA) is 12.4 Å². The van der Waals surface area contributed by atoms with Crippen LogP contribution in [0.1, 0.15) is 19.3 Å². The molecular formula is C6H12ClN. The van der Waals surface area contributed by atoms with Gasteiger partial charge in [-0.15, -0.1) is 11.6 Å². The average Bonchev–Trinajstić information content (AvgIpc) is 1.81. The first-order valence-electron chi connectivity index (χ1n) is 2.88. The van der Waals surface area contributed by atoms with Crippen LogP contribution in [-0.2, 0) is 0 Å². The fraction of sp³-hybridized carbons (Fsp3) is 0.833. The summed E-state index contributed by atoms with van der Waals surface area (Å²) in [6.07, 6.45) is 5.27. The highest BCUT2D eigenvalue weighted by Crippen LogP contribution is 1.93. The van der Waals surface area contributed by atoms with Gasteiger partial charge in [-0.1, -0.05) is 0 Å². The maximum absolute atomic E-state index is 5.44. The van der Waals surface area contributed by atoms with Gasteiger partial charge in [0.1, 0.15) is 0 Å². The van der Waals surface area contributed by atoms with Crippen LogP contribution in [0.15, 0.2) is 4.99 Å². The number of nitrogens with zero attached hydrogens (tertiary/aromatic N) is 1. The maximum atomic E-state index is 5.44. The second-order valence-electron chi connectivity index (χ2n) is 1.63. The minimum atomic E-state index is 0.775. The first-order valence-corrected chi connectivity index (χ1v) is 3.42. The fourth-order valence-corrected chi connectivity index (χ4v) is 0.648. The lowest BCUT2D eigenvalue weighted by Gasteiger charge is -1.87. The Labute approximate surface area is 55.8 Å². The molecule has 0 N–H and O–H groups in total. The number of rotatable bonds is 4. The third-order valence-corrected chi connectivity index (χ3v) is 1.17. The SMILES string of the molecule is C/N=C\CCCCCl. The summed E-state index contributed by atoms with van der Waals surface area (Å²) in [6.45, 7) is 0. The Morgan fingerprint density at radius 3 is 2.75 bits per heavy atom. The van der Waals surface area contributed by atoms with Crippen LogP contribution >= 0.6 is 11.6 Å². The summed E-state index contributed by atoms with van der Waals surface area (Å²) in [6, 6.07) is 0. The zero-order chi connectivity index (χ0) is 6.24. The van der Waals surface area contributed by atoms with Crippen molar-refractivity contribution in [3.63, 3.8) is 0 Å². The van der Waals surface area contributed by atoms with Crippen LogP contribution in [0.2, 0.25) is 0 Å². The molecule has 0 aromatic heterocycles. The average molecular weight is 134 g/mol. The third kappa shape index (κ3) is 5.96. The molecule has 0 aliphatic heterocycles. The Balaban J connectivity index is 2.72. The second kappa shape index (κ2) is 6.96. The van der Waals surface area contributed by atoms with E-state index in [-0.39, 0.29) is 0 Å². The number of unbranched alkanes of at least 4 members (excludes halogenated alkanes) is 2. The minimum absolute atomic E-state index is 0.775. The predicted molar refractivity (Wildman–Crippen MR) is 39.0 cm³/mol. The van der Waals surface area contributed by atoms with Gasteiger partial charge in [0, 0.05) is 12.9 Å². The maximum Gasteiger partial charge on any atom is 0.0273 e. The molecule has 48 valence electrons. The normalized spacial score (nSPS) is 10.8. The monoisotopic (exact) mass is 133 g/mol. The van der Waals surface area contributed by atoms with E-state index < -0.39 is 0 Å². The lowest BCUT2D eigenvalue weighted by Crippen LogP contribution is -1.77. The third-order valence-electron chi connectivity index (χ3n) is 0.899. The van der Waals surface area contributed by atoms with E-state index in [0.29, 0.717) is 0 Å². The molecule has 0 aliphatic carbocycles. The van der Waals surface area contributed by atoms with Crippen LogP contribution in [0, 0.1) is 0 Å². The highest BCUT2D eigenvalue weighted by Gasteiger charge is 1.80. The molecule has 0 spiro atoms. The van der Waals surface area contributed by atoms with Crippen molar-refractivity contribution in [2.45, 2.75) is 19.3 Å². The van der Waals surface area contributed by atoms with Crippen molar-refractivity contribution in [1.82, 2.24) is 0 Å². The summed E-state index contributed by atoms with van der Waals surface area (Å²) in [5.41, 5.74) is 0. The second-order valence-corrected chi connectivity index (χ2v) is 2.00. The minimum Gasteiger partial charge on any atom is -0.301 e. The first-order chi connectivity index (χ1) is 3.91. The number of halogens is 1. The Hall–Kier alpha value is -0.0400. The smallest absolute Gasteiger partial charge is 0.0273 e. The molecule has 0 radical (unpaired) electrons. The molecule has 8 heavy (non-hydrogen) atoms. The molecule has 0 unspecified atom stereocenters. The van der Waals surface area contributed by atoms with Crippen molar-refractivity contribution >= 4 is 17.8 Å². The van der Waals surface area contributed by atoms with Gasteiger partial charge < -0.3 is 4.99 Å². The van der Waals surface area contributed by atoms with Gasteiger partial charge in [0.05, 0.1) is 0 Å². The summed E-state index contributed by atoms with van der Waals surface area (Å²) in [4.78, 5) is 3.84. The fourth-order valence-electron chi connectivity index (χ4n) is 0.459. The van der Waals surface area contributed by atoms with Crippen molar-refractivity contribution in [3.05, 3.63) is 0 Å². The first kappa shape index (κ1) is 7.96. The molecule has 2 heteroatoms. The molecule has 0 bridgehead atoms. The van der Waals surface area contributed by atoms with Crippen molar-refractivity contribution in [3.8, 4) is 0 Å². The van der Waals surface area contributed by atoms with E-state index in [2.05, 4.69) is 4.99 Å². The predicted octanol–water partition coefficient (Wildman–Crippen LogP) is 2.10. The van der Waals surface area contributed by atoms with Crippen LogP contribution in [-0.4, -0.2) is 19.1 Å². The van der Waals surface area contributed by atoms with Gasteiger partial charge in [0.15, 0.2) is 0 Å². The Morgan fingerprint density at radius 1 is 1.50 bits per heavy atom. The van der Waals surface area contributed by atoms with E-state index in [9.17, 15) is 0 Å². The Kier molecular flexibility index (Phi) is 6.93. The van der Waals surface area contributed by atoms with E-state index >= 15 is 0 Å². The zero-order valence-corrected chi connectivity index (χ0v) is 5.99. The van der Waals surface area contributed by atoms with Crippen LogP contribution < -0.4 is 0 Å². The van der Waals surface area contributed by atoms with E-state index in [0.717, 1.165) is 18.7 Å². The number of hydrogen-bond acceptors (Lipinski definition) is 1. The standard InChI is InChI=1S/C6H12ClN/c1-8-6-4-2-3-5-7/h6H,2-5H2,1H3/b8-6-. The van der Waals surface area contributed by atoms with E-state index in [1.807, 2.05) is 6.21 Å². The quantitative estimate of drug-likeness (QED) is 0.317. The molecular weight excluding hydrogens is 122 g/mol. The molecule has 0 rings (SSSR count). The molecule has 0 aromatic carbocycles. The van der Waals surface area contributed by atoms with Crippen molar-refractivity contribution < 1.29 is 0 Å². The Bertz CT molecular complexity index is 61.5. The van der Waals surface area contributed by atoms with E-state index in [4.69, 9.17) is 11.6 Å². The van der Waals surface area contributed by atoms with E-state index in [1.54, 1.807) is 7.05 Å². The molecule has 0 amide bonds. The number of hydrogen-bond donors (Lipinski definition) is 0. The molecule has 0 fully saturated rings. The van der Waals surface area contributed by atoms with Gasteiger partial charge in [-0.2, -0.15) is 0 Å². The summed E-state index contributed by atoms with van der Waals surface area (Å²) < 4.78 is 0. The highest BCUT2D eigenvalue weighted by atomic mass is 35.5. The van der Waals surface area contributed by atoms with Crippen LogP contribution in [0.4, 0.5) is 0 Å². The van der Waals surface area contributed by atoms with Crippen LogP contribution in [0.25, 0.3) is 0 Å². The summed E-state index contributed by atoms with van der Waals surface area (Å²) in [7, 11) is 1.79. The summed E-state index contributed by atoms with van der Waals surface area (Å²) in [5, 5.41) is 0. The molecule has 0 saturated carbocycles. The summed E-state index contributed by atoms with van der Waals surface area (Å²) >= 11 is 5.44. The molecule has 0 heterocycles. The molecule has 0 atom stereocenters. The molecule has 0 aromatic rings. The van der Waals surface area contributed by atoms with Crippen molar-refractivity contribution in [1.29, 1.82) is 0 Å². The van der Waals surface area contributed by atoms with Crippen LogP contribution in [0.5, 0.6) is 0 Å².